The lowest BCUT2D eigenvalue weighted by atomic mass is 10.0. The van der Waals surface area contributed by atoms with Gasteiger partial charge in [0.1, 0.15) is 0 Å². The van der Waals surface area contributed by atoms with Crippen molar-refractivity contribution in [1.82, 2.24) is 0 Å². The van der Waals surface area contributed by atoms with Crippen LogP contribution in [-0.2, 0) is 17.6 Å². The van der Waals surface area contributed by atoms with E-state index in [0.29, 0.717) is 10.6 Å². The predicted octanol–water partition coefficient (Wildman–Crippen LogP) is 6.77. The quantitative estimate of drug-likeness (QED) is 0.292. The number of halogens is 1. The molecule has 0 radical (unpaired) electrons. The molecule has 0 aromatic heterocycles. The third-order valence-corrected chi connectivity index (χ3v) is 6.00. The molecule has 4 aromatic carbocycles. The van der Waals surface area contributed by atoms with Crippen molar-refractivity contribution >= 4 is 45.6 Å². The second-order valence-corrected chi connectivity index (χ2v) is 7.92. The molecule has 1 amide bonds. The molecule has 0 aliphatic heterocycles. The van der Waals surface area contributed by atoms with Crippen LogP contribution in [0.3, 0.4) is 0 Å². The van der Waals surface area contributed by atoms with Crippen LogP contribution < -0.4 is 5.32 Å². The van der Waals surface area contributed by atoms with Crippen molar-refractivity contribution in [2.24, 2.45) is 0 Å². The lowest BCUT2D eigenvalue weighted by Crippen LogP contribution is -2.14. The Labute approximate surface area is 180 Å². The van der Waals surface area contributed by atoms with Gasteiger partial charge in [-0.1, -0.05) is 84.4 Å². The Morgan fingerprint density at radius 1 is 0.800 bits per heavy atom. The van der Waals surface area contributed by atoms with Crippen LogP contribution in [0, 0.1) is 0 Å². The number of rotatable bonds is 4. The summed E-state index contributed by atoms with van der Waals surface area (Å²) < 4.78 is 0. The number of amides is 1. The highest BCUT2D eigenvalue weighted by Crippen LogP contribution is 2.35. The highest BCUT2D eigenvalue weighted by atomic mass is 35.5. The van der Waals surface area contributed by atoms with Crippen LogP contribution in [0.2, 0.25) is 5.02 Å². The molecule has 0 saturated carbocycles. The zero-order valence-electron chi connectivity index (χ0n) is 16.4. The third kappa shape index (κ3) is 3.40. The van der Waals surface area contributed by atoms with Gasteiger partial charge in [-0.2, -0.15) is 0 Å². The first-order valence-electron chi connectivity index (χ1n) is 10.1. The molecular formula is C27H20ClNO. The van der Waals surface area contributed by atoms with Crippen molar-refractivity contribution < 1.29 is 4.79 Å². The molecule has 0 bridgehead atoms. The number of carbonyl (C=O) groups is 1. The van der Waals surface area contributed by atoms with E-state index in [-0.39, 0.29) is 5.91 Å². The van der Waals surface area contributed by atoms with Crippen LogP contribution in [0.1, 0.15) is 22.3 Å². The van der Waals surface area contributed by atoms with Gasteiger partial charge in [0.2, 0.25) is 0 Å². The number of benzene rings is 4. The van der Waals surface area contributed by atoms with Crippen LogP contribution in [0.5, 0.6) is 0 Å². The predicted molar refractivity (Wildman–Crippen MR) is 126 cm³/mol. The van der Waals surface area contributed by atoms with Crippen LogP contribution in [0.15, 0.2) is 84.9 Å². The molecule has 0 fully saturated rings. The lowest BCUT2D eigenvalue weighted by Gasteiger charge is -2.13. The first-order chi connectivity index (χ1) is 14.7. The van der Waals surface area contributed by atoms with Gasteiger partial charge in [0.15, 0.2) is 0 Å². The Balaban J connectivity index is 1.58. The molecular weight excluding hydrogens is 390 g/mol. The highest BCUT2D eigenvalue weighted by molar-refractivity contribution is 6.34. The Morgan fingerprint density at radius 2 is 1.53 bits per heavy atom. The number of hydrogen-bond donors (Lipinski definition) is 1. The van der Waals surface area contributed by atoms with E-state index in [1.165, 1.54) is 16.5 Å². The van der Waals surface area contributed by atoms with Gasteiger partial charge in [-0.05, 0) is 58.7 Å². The van der Waals surface area contributed by atoms with Gasteiger partial charge in [0.25, 0.3) is 5.91 Å². The van der Waals surface area contributed by atoms with E-state index < -0.39 is 0 Å². The maximum atomic E-state index is 13.4. The zero-order valence-corrected chi connectivity index (χ0v) is 17.1. The Morgan fingerprint density at radius 3 is 2.33 bits per heavy atom. The van der Waals surface area contributed by atoms with Crippen LogP contribution in [0.25, 0.3) is 22.4 Å². The van der Waals surface area contributed by atoms with Gasteiger partial charge in [-0.15, -0.1) is 0 Å². The van der Waals surface area contributed by atoms with E-state index >= 15 is 0 Å². The Bertz CT molecular complexity index is 1280. The molecule has 1 N–H and O–H groups in total. The third-order valence-electron chi connectivity index (χ3n) is 5.66. The molecule has 146 valence electrons. The smallest absolute Gasteiger partial charge is 0.256 e. The minimum absolute atomic E-state index is 0.153. The van der Waals surface area contributed by atoms with Crippen molar-refractivity contribution in [3.8, 4) is 0 Å². The van der Waals surface area contributed by atoms with Gasteiger partial charge in [-0.3, -0.25) is 4.79 Å². The fraction of sp³-hybridized carbons (Fsp3) is 0.0741. The molecule has 5 rings (SSSR count). The van der Waals surface area contributed by atoms with Gasteiger partial charge >= 0.3 is 0 Å². The average molecular weight is 410 g/mol. The van der Waals surface area contributed by atoms with Gasteiger partial charge < -0.3 is 5.32 Å². The zero-order chi connectivity index (χ0) is 20.5. The molecule has 0 spiro atoms. The van der Waals surface area contributed by atoms with Crippen LogP contribution in [0.4, 0.5) is 5.69 Å². The SMILES string of the molecule is O=C(Nc1ccc2c3c(cccc13)CC2)/C(=C/c1ccccc1Cl)c1ccccc1. The summed E-state index contributed by atoms with van der Waals surface area (Å²) in [4.78, 5) is 13.4. The van der Waals surface area contributed by atoms with E-state index in [4.69, 9.17) is 11.6 Å². The summed E-state index contributed by atoms with van der Waals surface area (Å²) in [6.45, 7) is 0. The van der Waals surface area contributed by atoms with Crippen molar-refractivity contribution in [3.05, 3.63) is 112 Å². The van der Waals surface area contributed by atoms with Crippen molar-refractivity contribution in [1.29, 1.82) is 0 Å². The fourth-order valence-corrected chi connectivity index (χ4v) is 4.38. The fourth-order valence-electron chi connectivity index (χ4n) is 4.19. The molecule has 4 aromatic rings. The van der Waals surface area contributed by atoms with E-state index in [1.54, 1.807) is 0 Å². The molecule has 2 nitrogen and oxygen atoms in total. The summed E-state index contributed by atoms with van der Waals surface area (Å²) in [7, 11) is 0. The first kappa shape index (κ1) is 18.7. The minimum atomic E-state index is -0.153. The molecule has 0 heterocycles. The Kier molecular flexibility index (Phi) is 4.86. The molecule has 1 aliphatic carbocycles. The van der Waals surface area contributed by atoms with Gasteiger partial charge in [0, 0.05) is 21.7 Å². The Hall–Kier alpha value is -3.36. The summed E-state index contributed by atoms with van der Waals surface area (Å²) >= 11 is 6.36. The van der Waals surface area contributed by atoms with Crippen molar-refractivity contribution in [2.45, 2.75) is 12.8 Å². The number of aryl methyl sites for hydroxylation is 2. The highest BCUT2D eigenvalue weighted by Gasteiger charge is 2.18. The first-order valence-corrected chi connectivity index (χ1v) is 10.4. The molecule has 30 heavy (non-hydrogen) atoms. The lowest BCUT2D eigenvalue weighted by molar-refractivity contribution is -0.111. The number of carbonyl (C=O) groups excluding carboxylic acids is 1. The van der Waals surface area contributed by atoms with E-state index in [9.17, 15) is 4.79 Å². The summed E-state index contributed by atoms with van der Waals surface area (Å²) in [5, 5.41) is 6.15. The van der Waals surface area contributed by atoms with E-state index in [1.807, 2.05) is 66.7 Å². The van der Waals surface area contributed by atoms with Gasteiger partial charge in [-0.25, -0.2) is 0 Å². The van der Waals surface area contributed by atoms with Crippen LogP contribution in [-0.4, -0.2) is 5.91 Å². The summed E-state index contributed by atoms with van der Waals surface area (Å²) in [5.41, 5.74) is 5.78. The molecule has 3 heteroatoms. The normalized spacial score (nSPS) is 12.9. The summed E-state index contributed by atoms with van der Waals surface area (Å²) in [6, 6.07) is 27.7. The van der Waals surface area contributed by atoms with Crippen LogP contribution >= 0.6 is 11.6 Å². The van der Waals surface area contributed by atoms with E-state index in [2.05, 4.69) is 29.6 Å². The maximum absolute atomic E-state index is 13.4. The number of nitrogens with one attached hydrogen (secondary N) is 1. The second-order valence-electron chi connectivity index (χ2n) is 7.51. The summed E-state index contributed by atoms with van der Waals surface area (Å²) in [5.74, 6) is -0.153. The minimum Gasteiger partial charge on any atom is -0.321 e. The van der Waals surface area contributed by atoms with Crippen molar-refractivity contribution in [2.75, 3.05) is 5.32 Å². The standard InChI is InChI=1S/C27H20ClNO/c28-24-12-5-4-9-21(24)17-23(18-7-2-1-3-8-18)27(30)29-25-16-15-20-14-13-19-10-6-11-22(25)26(19)20/h1-12,15-17H,13-14H2,(H,29,30)/b23-17+. The van der Waals surface area contributed by atoms with Crippen molar-refractivity contribution in [3.63, 3.8) is 0 Å². The molecule has 0 atom stereocenters. The number of hydrogen-bond acceptors (Lipinski definition) is 1. The number of anilines is 1. The van der Waals surface area contributed by atoms with E-state index in [0.717, 1.165) is 35.0 Å². The average Bonchev–Trinajstić information content (AvgIpc) is 3.20. The second kappa shape index (κ2) is 7.81. The molecule has 0 unspecified atom stereocenters. The molecule has 0 saturated heterocycles. The van der Waals surface area contributed by atoms with Gasteiger partial charge in [0.05, 0.1) is 0 Å². The topological polar surface area (TPSA) is 29.1 Å². The molecule has 1 aliphatic rings. The summed E-state index contributed by atoms with van der Waals surface area (Å²) in [6.07, 6.45) is 3.98. The monoisotopic (exact) mass is 409 g/mol. The largest absolute Gasteiger partial charge is 0.321 e. The maximum Gasteiger partial charge on any atom is 0.256 e.